The molecule has 7 nitrogen and oxygen atoms in total. The summed E-state index contributed by atoms with van der Waals surface area (Å²) in [6.07, 6.45) is 1.31. The van der Waals surface area contributed by atoms with Gasteiger partial charge >= 0.3 is 5.97 Å². The Kier molecular flexibility index (Phi) is 7.10. The number of aromatic nitrogens is 2. The summed E-state index contributed by atoms with van der Waals surface area (Å²) in [7, 11) is 2.93. The fourth-order valence-electron chi connectivity index (χ4n) is 2.43. The van der Waals surface area contributed by atoms with E-state index in [1.54, 1.807) is 7.05 Å². The van der Waals surface area contributed by atoms with Crippen LogP contribution in [0.15, 0.2) is 12.1 Å². The lowest BCUT2D eigenvalue weighted by Crippen LogP contribution is -2.25. The predicted octanol–water partition coefficient (Wildman–Crippen LogP) is 4.22. The van der Waals surface area contributed by atoms with Gasteiger partial charge in [-0.25, -0.2) is 9.48 Å². The summed E-state index contributed by atoms with van der Waals surface area (Å²) in [5.41, 5.74) is 1.00. The zero-order valence-electron chi connectivity index (χ0n) is 15.4. The molecule has 0 bridgehead atoms. The minimum atomic E-state index is -0.875. The maximum absolute atomic E-state index is 11.6. The lowest BCUT2D eigenvalue weighted by molar-refractivity contribution is -0.147. The molecule has 2 rings (SSSR count). The van der Waals surface area contributed by atoms with Crippen LogP contribution in [0.2, 0.25) is 10.0 Å². The molecule has 27 heavy (non-hydrogen) atoms. The third kappa shape index (κ3) is 4.73. The van der Waals surface area contributed by atoms with E-state index in [2.05, 4.69) is 9.84 Å². The number of rotatable bonds is 8. The third-order valence-electron chi connectivity index (χ3n) is 3.74. The van der Waals surface area contributed by atoms with Crippen molar-refractivity contribution in [3.8, 4) is 17.4 Å². The standard InChI is InChI=1S/C18H20Cl2N2O5/c1-5-6-14-11(9-23)17(22(3)21-14)27-16-8-15(12(19)7-13(16)20)26-10(2)18(24)25-4/h7-10H,5-6H2,1-4H3/t10-/m0/s1. The molecule has 1 heterocycles. The van der Waals surface area contributed by atoms with E-state index in [-0.39, 0.29) is 27.4 Å². The van der Waals surface area contributed by atoms with Gasteiger partial charge in [-0.3, -0.25) is 4.79 Å². The number of aldehydes is 1. The lowest BCUT2D eigenvalue weighted by atomic mass is 10.2. The quantitative estimate of drug-likeness (QED) is 0.474. The van der Waals surface area contributed by atoms with E-state index in [4.69, 9.17) is 32.7 Å². The molecule has 0 saturated heterocycles. The monoisotopic (exact) mass is 414 g/mol. The highest BCUT2D eigenvalue weighted by Crippen LogP contribution is 2.39. The molecule has 0 N–H and O–H groups in total. The summed E-state index contributed by atoms with van der Waals surface area (Å²) < 4.78 is 17.5. The Balaban J connectivity index is 2.38. The maximum Gasteiger partial charge on any atom is 0.346 e. The molecule has 0 fully saturated rings. The van der Waals surface area contributed by atoms with Crippen LogP contribution >= 0.6 is 23.2 Å². The number of hydrogen-bond donors (Lipinski definition) is 0. The highest BCUT2D eigenvalue weighted by atomic mass is 35.5. The fraction of sp³-hybridized carbons (Fsp3) is 0.389. The van der Waals surface area contributed by atoms with E-state index < -0.39 is 12.1 Å². The highest BCUT2D eigenvalue weighted by molar-refractivity contribution is 6.36. The van der Waals surface area contributed by atoms with E-state index in [0.29, 0.717) is 24.0 Å². The molecule has 0 unspecified atom stereocenters. The molecule has 1 aromatic heterocycles. The molecule has 1 aromatic carbocycles. The van der Waals surface area contributed by atoms with Crippen LogP contribution in [0.1, 0.15) is 36.3 Å². The van der Waals surface area contributed by atoms with Crippen molar-refractivity contribution in [2.45, 2.75) is 32.8 Å². The Labute approximate surface area is 167 Å². The third-order valence-corrected chi connectivity index (χ3v) is 4.33. The topological polar surface area (TPSA) is 79.7 Å². The average Bonchev–Trinajstić information content (AvgIpc) is 2.92. The molecule has 2 aromatic rings. The van der Waals surface area contributed by atoms with Gasteiger partial charge in [0.2, 0.25) is 5.88 Å². The first kappa shape index (κ1) is 21.1. The normalized spacial score (nSPS) is 11.8. The maximum atomic E-state index is 11.6. The van der Waals surface area contributed by atoms with E-state index in [1.165, 1.54) is 30.8 Å². The van der Waals surface area contributed by atoms with Crippen molar-refractivity contribution < 1.29 is 23.8 Å². The van der Waals surface area contributed by atoms with Gasteiger partial charge < -0.3 is 14.2 Å². The van der Waals surface area contributed by atoms with Crippen LogP contribution in [0.25, 0.3) is 0 Å². The molecule has 146 valence electrons. The van der Waals surface area contributed by atoms with Gasteiger partial charge in [0.15, 0.2) is 18.1 Å². The van der Waals surface area contributed by atoms with Gasteiger partial charge in [-0.2, -0.15) is 5.10 Å². The van der Waals surface area contributed by atoms with Gasteiger partial charge in [0.25, 0.3) is 0 Å². The largest absolute Gasteiger partial charge is 0.477 e. The summed E-state index contributed by atoms with van der Waals surface area (Å²) >= 11 is 12.4. The van der Waals surface area contributed by atoms with E-state index >= 15 is 0 Å². The molecule has 0 aliphatic rings. The summed E-state index contributed by atoms with van der Waals surface area (Å²) in [5, 5.41) is 4.74. The molecule has 1 atom stereocenters. The van der Waals surface area contributed by atoms with Crippen LogP contribution in [0.4, 0.5) is 0 Å². The Hall–Kier alpha value is -2.25. The fourth-order valence-corrected chi connectivity index (χ4v) is 2.89. The van der Waals surface area contributed by atoms with Crippen molar-refractivity contribution in [1.82, 2.24) is 9.78 Å². The zero-order chi connectivity index (χ0) is 20.1. The summed E-state index contributed by atoms with van der Waals surface area (Å²) in [6, 6.07) is 2.88. The number of carbonyl (C=O) groups is 2. The smallest absolute Gasteiger partial charge is 0.346 e. The van der Waals surface area contributed by atoms with Gasteiger partial charge in [-0.05, 0) is 19.4 Å². The predicted molar refractivity (Wildman–Crippen MR) is 101 cm³/mol. The number of methoxy groups -OCH3 is 1. The van der Waals surface area contributed by atoms with Crippen LogP contribution in [-0.2, 0) is 23.0 Å². The molecular formula is C18H20Cl2N2O5. The Morgan fingerprint density at radius 2 is 1.96 bits per heavy atom. The number of ether oxygens (including phenoxy) is 3. The minimum Gasteiger partial charge on any atom is -0.477 e. The van der Waals surface area contributed by atoms with Crippen LogP contribution in [0.3, 0.4) is 0 Å². The second-order valence-corrected chi connectivity index (χ2v) is 6.57. The van der Waals surface area contributed by atoms with Gasteiger partial charge in [-0.1, -0.05) is 36.5 Å². The number of nitrogens with zero attached hydrogens (tertiary/aromatic N) is 2. The number of esters is 1. The van der Waals surface area contributed by atoms with Crippen molar-refractivity contribution in [2.24, 2.45) is 7.05 Å². The molecular weight excluding hydrogens is 395 g/mol. The highest BCUT2D eigenvalue weighted by Gasteiger charge is 2.21. The van der Waals surface area contributed by atoms with Crippen molar-refractivity contribution in [1.29, 1.82) is 0 Å². The first-order valence-corrected chi connectivity index (χ1v) is 9.00. The molecule has 0 amide bonds. The van der Waals surface area contributed by atoms with Crippen LogP contribution in [0.5, 0.6) is 17.4 Å². The average molecular weight is 415 g/mol. The summed E-state index contributed by atoms with van der Waals surface area (Å²) in [4.78, 5) is 23.1. The second-order valence-electron chi connectivity index (χ2n) is 5.76. The Morgan fingerprint density at radius 1 is 1.30 bits per heavy atom. The molecule has 0 saturated carbocycles. The van der Waals surface area contributed by atoms with Crippen molar-refractivity contribution in [2.75, 3.05) is 7.11 Å². The number of benzene rings is 1. The van der Waals surface area contributed by atoms with Gasteiger partial charge in [-0.15, -0.1) is 0 Å². The first-order chi connectivity index (χ1) is 12.8. The molecule has 0 spiro atoms. The van der Waals surface area contributed by atoms with Crippen molar-refractivity contribution >= 4 is 35.5 Å². The van der Waals surface area contributed by atoms with E-state index in [9.17, 15) is 9.59 Å². The van der Waals surface area contributed by atoms with E-state index in [0.717, 1.165) is 6.42 Å². The van der Waals surface area contributed by atoms with Gasteiger partial charge in [0.1, 0.15) is 5.75 Å². The van der Waals surface area contributed by atoms with Crippen LogP contribution in [0, 0.1) is 0 Å². The summed E-state index contributed by atoms with van der Waals surface area (Å²) in [5.74, 6) is 0.104. The lowest BCUT2D eigenvalue weighted by Gasteiger charge is -2.16. The summed E-state index contributed by atoms with van der Waals surface area (Å²) in [6.45, 7) is 3.52. The van der Waals surface area contributed by atoms with E-state index in [1.807, 2.05) is 6.92 Å². The van der Waals surface area contributed by atoms with Crippen LogP contribution in [-0.4, -0.2) is 35.2 Å². The number of aryl methyl sites for hydroxylation is 2. The SMILES string of the molecule is CCCc1nn(C)c(Oc2cc(O[C@@H](C)C(=O)OC)c(Cl)cc2Cl)c1C=O. The number of hydrogen-bond acceptors (Lipinski definition) is 6. The van der Waals surface area contributed by atoms with Crippen LogP contribution < -0.4 is 9.47 Å². The number of halogens is 2. The van der Waals surface area contributed by atoms with Gasteiger partial charge in [0, 0.05) is 13.1 Å². The second kappa shape index (κ2) is 9.10. The van der Waals surface area contributed by atoms with Crippen molar-refractivity contribution in [3.05, 3.63) is 33.4 Å². The number of carbonyl (C=O) groups excluding carboxylic acids is 2. The molecule has 0 radical (unpaired) electrons. The molecule has 0 aliphatic carbocycles. The van der Waals surface area contributed by atoms with Gasteiger partial charge in [0.05, 0.1) is 28.4 Å². The first-order valence-electron chi connectivity index (χ1n) is 8.24. The zero-order valence-corrected chi connectivity index (χ0v) is 16.9. The van der Waals surface area contributed by atoms with Crippen molar-refractivity contribution in [3.63, 3.8) is 0 Å². The minimum absolute atomic E-state index is 0.192. The Morgan fingerprint density at radius 3 is 2.56 bits per heavy atom. The molecule has 9 heteroatoms. The molecule has 0 aliphatic heterocycles. The Bertz CT molecular complexity index is 851.